The van der Waals surface area contributed by atoms with E-state index in [0.717, 1.165) is 43.4 Å². The number of unbranched alkanes of at least 4 members (excludes halogenated alkanes) is 3. The van der Waals surface area contributed by atoms with Crippen LogP contribution in [0.25, 0.3) is 11.0 Å². The standard InChI is InChI=1S/C36H51NO4/c1-8-11-16-33-34(31-24-28(17-18-32(31)41-33)36(39)40-25(4)5)35(38)29-22-26(6)30(27(7)23-29)15-14-21-37(19-12-9-2)20-13-10-3/h17-18,22-25H,8-16,19-21H2,1-7H3. The molecular formula is C36H51NO4. The minimum Gasteiger partial charge on any atom is -0.460 e. The number of rotatable bonds is 17. The lowest BCUT2D eigenvalue weighted by Gasteiger charge is -2.22. The van der Waals surface area contributed by atoms with E-state index in [9.17, 15) is 9.59 Å². The molecule has 5 heteroatoms. The average molecular weight is 562 g/mol. The Kier molecular flexibility index (Phi) is 12.6. The minimum absolute atomic E-state index is 0.0488. The van der Waals surface area contributed by atoms with Gasteiger partial charge in [0.1, 0.15) is 11.3 Å². The normalized spacial score (nSPS) is 11.6. The van der Waals surface area contributed by atoms with E-state index in [0.29, 0.717) is 39.8 Å². The van der Waals surface area contributed by atoms with E-state index in [-0.39, 0.29) is 11.9 Å². The molecule has 0 aliphatic rings. The van der Waals surface area contributed by atoms with E-state index in [1.807, 2.05) is 26.0 Å². The van der Waals surface area contributed by atoms with Crippen LogP contribution in [0.3, 0.4) is 0 Å². The molecule has 0 fully saturated rings. The second-order valence-corrected chi connectivity index (χ2v) is 11.7. The Balaban J connectivity index is 1.88. The number of carbonyl (C=O) groups excluding carboxylic acids is 2. The van der Waals surface area contributed by atoms with Crippen LogP contribution in [0, 0.1) is 13.8 Å². The van der Waals surface area contributed by atoms with Gasteiger partial charge in [0, 0.05) is 17.4 Å². The minimum atomic E-state index is -0.393. The summed E-state index contributed by atoms with van der Waals surface area (Å²) in [5, 5.41) is 0.679. The Morgan fingerprint density at radius 2 is 1.41 bits per heavy atom. The van der Waals surface area contributed by atoms with Crippen molar-refractivity contribution >= 4 is 22.7 Å². The van der Waals surface area contributed by atoms with Crippen LogP contribution in [0.2, 0.25) is 0 Å². The monoisotopic (exact) mass is 561 g/mol. The lowest BCUT2D eigenvalue weighted by molar-refractivity contribution is 0.0378. The maximum Gasteiger partial charge on any atom is 0.338 e. The van der Waals surface area contributed by atoms with Crippen molar-refractivity contribution in [2.24, 2.45) is 0 Å². The highest BCUT2D eigenvalue weighted by molar-refractivity contribution is 6.17. The number of ketones is 1. The van der Waals surface area contributed by atoms with Crippen LogP contribution in [-0.4, -0.2) is 42.4 Å². The van der Waals surface area contributed by atoms with Crippen LogP contribution in [0.5, 0.6) is 0 Å². The van der Waals surface area contributed by atoms with Crippen molar-refractivity contribution < 1.29 is 18.7 Å². The fourth-order valence-corrected chi connectivity index (χ4v) is 5.56. The molecule has 0 spiro atoms. The number of hydrogen-bond acceptors (Lipinski definition) is 5. The third-order valence-electron chi connectivity index (χ3n) is 7.84. The van der Waals surface area contributed by atoms with E-state index in [1.165, 1.54) is 44.3 Å². The Labute approximate surface area is 247 Å². The predicted octanol–water partition coefficient (Wildman–Crippen LogP) is 9.02. The van der Waals surface area contributed by atoms with Crippen LogP contribution in [0.15, 0.2) is 34.7 Å². The van der Waals surface area contributed by atoms with Gasteiger partial charge in [-0.1, -0.05) is 40.0 Å². The molecule has 5 nitrogen and oxygen atoms in total. The zero-order valence-corrected chi connectivity index (χ0v) is 26.5. The molecule has 1 aromatic heterocycles. The number of ether oxygens (including phenoxy) is 1. The topological polar surface area (TPSA) is 59.8 Å². The Bertz CT molecular complexity index is 1270. The molecule has 0 bridgehead atoms. The molecule has 0 radical (unpaired) electrons. The van der Waals surface area contributed by atoms with Crippen LogP contribution in [-0.2, 0) is 17.6 Å². The van der Waals surface area contributed by atoms with Gasteiger partial charge in [-0.05, 0) is 126 Å². The van der Waals surface area contributed by atoms with E-state index in [2.05, 4.69) is 39.5 Å². The van der Waals surface area contributed by atoms with Crippen molar-refractivity contribution in [3.8, 4) is 0 Å². The first-order chi connectivity index (χ1) is 19.7. The van der Waals surface area contributed by atoms with Gasteiger partial charge < -0.3 is 14.1 Å². The highest BCUT2D eigenvalue weighted by Crippen LogP contribution is 2.32. The SMILES string of the molecule is CCCCc1oc2ccc(C(=O)OC(C)C)cc2c1C(=O)c1cc(C)c(CCCN(CCCC)CCCC)c(C)c1. The third-order valence-corrected chi connectivity index (χ3v) is 7.84. The number of nitrogens with zero attached hydrogens (tertiary/aromatic N) is 1. The summed E-state index contributed by atoms with van der Waals surface area (Å²) in [6, 6.07) is 9.32. The Morgan fingerprint density at radius 1 is 0.805 bits per heavy atom. The molecule has 2 aromatic carbocycles. The third kappa shape index (κ3) is 8.78. The van der Waals surface area contributed by atoms with Crippen molar-refractivity contribution in [1.82, 2.24) is 4.90 Å². The highest BCUT2D eigenvalue weighted by Gasteiger charge is 2.24. The molecule has 0 N–H and O–H groups in total. The summed E-state index contributed by atoms with van der Waals surface area (Å²) in [7, 11) is 0. The number of furan rings is 1. The lowest BCUT2D eigenvalue weighted by Crippen LogP contribution is -2.27. The molecule has 224 valence electrons. The summed E-state index contributed by atoms with van der Waals surface area (Å²) in [5.41, 5.74) is 5.96. The number of esters is 1. The van der Waals surface area contributed by atoms with E-state index < -0.39 is 5.97 Å². The van der Waals surface area contributed by atoms with Gasteiger partial charge >= 0.3 is 5.97 Å². The summed E-state index contributed by atoms with van der Waals surface area (Å²) in [5.74, 6) is 0.253. The van der Waals surface area contributed by atoms with Gasteiger partial charge in [0.05, 0.1) is 17.2 Å². The molecule has 0 saturated heterocycles. The maximum atomic E-state index is 14.1. The van der Waals surface area contributed by atoms with Gasteiger partial charge in [-0.15, -0.1) is 0 Å². The molecule has 0 aliphatic carbocycles. The summed E-state index contributed by atoms with van der Waals surface area (Å²) >= 11 is 0. The molecule has 1 heterocycles. The fraction of sp³-hybridized carbons (Fsp3) is 0.556. The predicted molar refractivity (Wildman–Crippen MR) is 169 cm³/mol. The van der Waals surface area contributed by atoms with E-state index in [4.69, 9.17) is 9.15 Å². The zero-order valence-electron chi connectivity index (χ0n) is 26.5. The number of carbonyl (C=O) groups is 2. The molecule has 3 aromatic rings. The molecule has 0 amide bonds. The van der Waals surface area contributed by atoms with Gasteiger partial charge in [0.15, 0.2) is 5.78 Å². The van der Waals surface area contributed by atoms with Gasteiger partial charge in [0.2, 0.25) is 0 Å². The number of hydrogen-bond donors (Lipinski definition) is 0. The summed E-state index contributed by atoms with van der Waals surface area (Å²) in [4.78, 5) is 29.4. The van der Waals surface area contributed by atoms with Gasteiger partial charge in [-0.25, -0.2) is 4.79 Å². The van der Waals surface area contributed by atoms with Crippen LogP contribution in [0.4, 0.5) is 0 Å². The Hall–Kier alpha value is -2.92. The second kappa shape index (κ2) is 15.9. The number of fused-ring (bicyclic) bond motifs is 1. The second-order valence-electron chi connectivity index (χ2n) is 11.7. The molecule has 3 rings (SSSR count). The van der Waals surface area contributed by atoms with Gasteiger partial charge in [-0.3, -0.25) is 4.79 Å². The number of aryl methyl sites for hydroxylation is 3. The maximum absolute atomic E-state index is 14.1. The smallest absolute Gasteiger partial charge is 0.338 e. The number of benzene rings is 2. The molecule has 41 heavy (non-hydrogen) atoms. The summed E-state index contributed by atoms with van der Waals surface area (Å²) in [6.07, 6.45) is 9.47. The highest BCUT2D eigenvalue weighted by atomic mass is 16.5. The first kappa shape index (κ1) is 32.6. The Morgan fingerprint density at radius 3 is 2.00 bits per heavy atom. The molecule has 0 atom stereocenters. The first-order valence-corrected chi connectivity index (χ1v) is 15.8. The molecule has 0 unspecified atom stereocenters. The summed E-state index contributed by atoms with van der Waals surface area (Å²) < 4.78 is 11.6. The molecule has 0 saturated carbocycles. The average Bonchev–Trinajstić information content (AvgIpc) is 3.30. The van der Waals surface area contributed by atoms with E-state index in [1.54, 1.807) is 18.2 Å². The van der Waals surface area contributed by atoms with E-state index >= 15 is 0 Å². The fourth-order valence-electron chi connectivity index (χ4n) is 5.56. The van der Waals surface area contributed by atoms with Crippen molar-refractivity contribution in [3.63, 3.8) is 0 Å². The quantitative estimate of drug-likeness (QED) is 0.122. The molecule has 0 aliphatic heterocycles. The summed E-state index contributed by atoms with van der Waals surface area (Å²) in [6.45, 7) is 18.0. The van der Waals surface area contributed by atoms with Crippen LogP contribution < -0.4 is 0 Å². The zero-order chi connectivity index (χ0) is 29.9. The first-order valence-electron chi connectivity index (χ1n) is 15.8. The lowest BCUT2D eigenvalue weighted by atomic mass is 9.91. The molecular weight excluding hydrogens is 510 g/mol. The van der Waals surface area contributed by atoms with Crippen molar-refractivity contribution in [2.45, 2.75) is 112 Å². The largest absolute Gasteiger partial charge is 0.460 e. The van der Waals surface area contributed by atoms with Crippen LogP contribution in [0.1, 0.15) is 128 Å². The van der Waals surface area contributed by atoms with Gasteiger partial charge in [0.25, 0.3) is 0 Å². The van der Waals surface area contributed by atoms with Crippen molar-refractivity contribution in [2.75, 3.05) is 19.6 Å². The van der Waals surface area contributed by atoms with Crippen molar-refractivity contribution in [3.05, 3.63) is 69.5 Å². The van der Waals surface area contributed by atoms with Crippen LogP contribution >= 0.6 is 0 Å². The van der Waals surface area contributed by atoms with Crippen molar-refractivity contribution in [1.29, 1.82) is 0 Å². The van der Waals surface area contributed by atoms with Gasteiger partial charge in [-0.2, -0.15) is 0 Å².